The van der Waals surface area contributed by atoms with Gasteiger partial charge in [0.05, 0.1) is 0 Å². The van der Waals surface area contributed by atoms with Crippen LogP contribution in [0, 0.1) is 0 Å². The maximum absolute atomic E-state index is 12.9. The van der Waals surface area contributed by atoms with Gasteiger partial charge in [0.1, 0.15) is 11.5 Å². The number of carbonyl (C=O) groups is 1. The van der Waals surface area contributed by atoms with Crippen molar-refractivity contribution in [3.8, 4) is 11.5 Å². The third-order valence-corrected chi connectivity index (χ3v) is 5.40. The summed E-state index contributed by atoms with van der Waals surface area (Å²) in [6, 6.07) is 16.5. The summed E-state index contributed by atoms with van der Waals surface area (Å²) in [7, 11) is 1.66. The van der Waals surface area contributed by atoms with Crippen molar-refractivity contribution in [1.82, 2.24) is 10.2 Å². The van der Waals surface area contributed by atoms with Gasteiger partial charge in [-0.2, -0.15) is 0 Å². The van der Waals surface area contributed by atoms with Gasteiger partial charge in [-0.15, -0.1) is 0 Å². The lowest BCUT2D eigenvalue weighted by Gasteiger charge is -2.35. The Balaban J connectivity index is 1.84. The zero-order valence-electron chi connectivity index (χ0n) is 17.7. The maximum atomic E-state index is 12.9. The van der Waals surface area contributed by atoms with Gasteiger partial charge in [-0.25, -0.2) is 4.79 Å². The topological polar surface area (TPSA) is 71.0 Å². The predicted molar refractivity (Wildman–Crippen MR) is 117 cm³/mol. The average molecular weight is 413 g/mol. The molecule has 0 aliphatic carbocycles. The molecule has 3 rings (SSSR count). The molecule has 6 nitrogen and oxygen atoms in total. The molecule has 6 heteroatoms. The summed E-state index contributed by atoms with van der Waals surface area (Å²) in [6.45, 7) is 2.04. The fourth-order valence-electron chi connectivity index (χ4n) is 3.76. The molecular formula is C24H32N2O4. The summed E-state index contributed by atoms with van der Waals surface area (Å²) in [6.07, 6.45) is 4.98. The zero-order valence-corrected chi connectivity index (χ0v) is 17.7. The minimum absolute atomic E-state index is 0.238. The molecule has 0 bridgehead atoms. The van der Waals surface area contributed by atoms with Crippen LogP contribution < -0.4 is 10.1 Å². The first kappa shape index (κ1) is 22.1. The van der Waals surface area contributed by atoms with Crippen molar-refractivity contribution in [2.24, 2.45) is 0 Å². The van der Waals surface area contributed by atoms with E-state index in [-0.39, 0.29) is 6.03 Å². The molecule has 1 fully saturated rings. The minimum Gasteiger partial charge on any atom is -0.457 e. The smallest absolute Gasteiger partial charge is 0.319 e. The van der Waals surface area contributed by atoms with Crippen LogP contribution in [0.2, 0.25) is 0 Å². The van der Waals surface area contributed by atoms with Crippen molar-refractivity contribution in [3.05, 3.63) is 60.2 Å². The molecule has 1 aliphatic rings. The van der Waals surface area contributed by atoms with Crippen molar-refractivity contribution in [3.63, 3.8) is 0 Å². The molecule has 0 spiro atoms. The lowest BCUT2D eigenvalue weighted by Crippen LogP contribution is -2.52. The number of nitrogens with one attached hydrogen (secondary N) is 1. The van der Waals surface area contributed by atoms with E-state index in [1.807, 2.05) is 54.6 Å². The van der Waals surface area contributed by atoms with Gasteiger partial charge < -0.3 is 24.8 Å². The number of carbonyl (C=O) groups excluding carboxylic acids is 1. The maximum Gasteiger partial charge on any atom is 0.319 e. The average Bonchev–Trinajstić information content (AvgIpc) is 2.78. The zero-order chi connectivity index (χ0) is 21.2. The number of benzene rings is 2. The summed E-state index contributed by atoms with van der Waals surface area (Å²) in [4.78, 5) is 14.7. The van der Waals surface area contributed by atoms with Crippen molar-refractivity contribution < 1.29 is 19.4 Å². The van der Waals surface area contributed by atoms with Crippen molar-refractivity contribution in [2.75, 3.05) is 26.8 Å². The monoisotopic (exact) mass is 412 g/mol. The number of hydrogen-bond acceptors (Lipinski definition) is 4. The number of ether oxygens (including phenoxy) is 2. The Morgan fingerprint density at radius 3 is 2.47 bits per heavy atom. The molecular weight excluding hydrogens is 380 g/mol. The number of piperidine rings is 1. The van der Waals surface area contributed by atoms with E-state index in [2.05, 4.69) is 5.32 Å². The summed E-state index contributed by atoms with van der Waals surface area (Å²) < 4.78 is 11.2. The van der Waals surface area contributed by atoms with E-state index >= 15 is 0 Å². The number of urea groups is 1. The second-order valence-corrected chi connectivity index (χ2v) is 7.70. The quantitative estimate of drug-likeness (QED) is 0.465. The van der Waals surface area contributed by atoms with Gasteiger partial charge in [0.15, 0.2) is 5.72 Å². The Labute approximate surface area is 178 Å². The highest BCUT2D eigenvalue weighted by molar-refractivity contribution is 5.75. The number of likely N-dealkylation sites (tertiary alicyclic amines) is 1. The van der Waals surface area contributed by atoms with E-state index in [9.17, 15) is 9.90 Å². The fraction of sp³-hybridized carbons (Fsp3) is 0.458. The summed E-state index contributed by atoms with van der Waals surface area (Å²) in [5.74, 6) is 1.20. The van der Waals surface area contributed by atoms with Crippen LogP contribution in [0.1, 0.15) is 44.1 Å². The second-order valence-electron chi connectivity index (χ2n) is 7.70. The van der Waals surface area contributed by atoms with Crippen molar-refractivity contribution in [1.29, 1.82) is 0 Å². The molecule has 1 aliphatic heterocycles. The lowest BCUT2D eigenvalue weighted by atomic mass is 9.95. The molecule has 1 atom stereocenters. The summed E-state index contributed by atoms with van der Waals surface area (Å²) >= 11 is 0. The number of unbranched alkanes of at least 4 members (excludes halogenated alkanes) is 1. The molecule has 2 N–H and O–H groups in total. The van der Waals surface area contributed by atoms with Gasteiger partial charge >= 0.3 is 6.03 Å². The molecule has 2 aromatic rings. The van der Waals surface area contributed by atoms with Crippen LogP contribution in [0.3, 0.4) is 0 Å². The number of amides is 2. The van der Waals surface area contributed by atoms with Crippen molar-refractivity contribution in [2.45, 2.75) is 44.2 Å². The normalized spacial score (nSPS) is 16.0. The summed E-state index contributed by atoms with van der Waals surface area (Å²) in [5.41, 5.74) is -0.982. The third-order valence-electron chi connectivity index (χ3n) is 5.40. The number of rotatable bonds is 9. The number of methoxy groups -OCH3 is 1. The molecule has 1 unspecified atom stereocenters. The van der Waals surface area contributed by atoms with E-state index in [1.54, 1.807) is 12.0 Å². The molecule has 2 amide bonds. The van der Waals surface area contributed by atoms with Gasteiger partial charge in [-0.3, -0.25) is 0 Å². The molecule has 2 aromatic carbocycles. The Hall–Kier alpha value is -2.57. The summed E-state index contributed by atoms with van der Waals surface area (Å²) in [5, 5.41) is 14.6. The molecule has 1 saturated heterocycles. The van der Waals surface area contributed by atoms with E-state index < -0.39 is 5.72 Å². The Kier molecular flexibility index (Phi) is 8.11. The van der Waals surface area contributed by atoms with Gasteiger partial charge in [-0.05, 0) is 56.7 Å². The highest BCUT2D eigenvalue weighted by Gasteiger charge is 2.35. The molecule has 30 heavy (non-hydrogen) atoms. The number of nitrogens with zero attached hydrogens (tertiary/aromatic N) is 1. The standard InChI is InChI=1S/C24H32N2O4/c1-29-19-11-8-16-24(28,25-23(27)26-17-9-3-10-18-26)21-14-6-7-15-22(21)30-20-12-4-2-5-13-20/h2,4-7,12-15,28H,3,8-11,16-19H2,1H3,(H,25,27). The van der Waals surface area contributed by atoms with Crippen LogP contribution in [0.5, 0.6) is 11.5 Å². The van der Waals surface area contributed by atoms with Gasteiger partial charge in [-0.1, -0.05) is 36.4 Å². The van der Waals surface area contributed by atoms with E-state index in [0.717, 1.165) is 25.7 Å². The first-order chi connectivity index (χ1) is 14.6. The first-order valence-electron chi connectivity index (χ1n) is 10.7. The number of para-hydroxylation sites is 2. The molecule has 162 valence electrons. The highest BCUT2D eigenvalue weighted by atomic mass is 16.5. The van der Waals surface area contributed by atoms with Gasteiger partial charge in [0, 0.05) is 32.4 Å². The van der Waals surface area contributed by atoms with Gasteiger partial charge in [0.2, 0.25) is 0 Å². The van der Waals surface area contributed by atoms with Crippen molar-refractivity contribution >= 4 is 6.03 Å². The number of aliphatic hydroxyl groups is 1. The second kappa shape index (κ2) is 11.0. The van der Waals surface area contributed by atoms with Crippen LogP contribution >= 0.6 is 0 Å². The molecule has 0 saturated carbocycles. The predicted octanol–water partition coefficient (Wildman–Crippen LogP) is 4.64. The number of hydrogen-bond donors (Lipinski definition) is 2. The van der Waals surface area contributed by atoms with E-state index in [1.165, 1.54) is 0 Å². The molecule has 0 radical (unpaired) electrons. The largest absolute Gasteiger partial charge is 0.457 e. The van der Waals surface area contributed by atoms with Crippen LogP contribution in [0.4, 0.5) is 4.79 Å². The fourth-order valence-corrected chi connectivity index (χ4v) is 3.76. The molecule has 0 aromatic heterocycles. The first-order valence-corrected chi connectivity index (χ1v) is 10.7. The van der Waals surface area contributed by atoms with Crippen LogP contribution in [-0.2, 0) is 10.5 Å². The Morgan fingerprint density at radius 2 is 1.73 bits per heavy atom. The van der Waals surface area contributed by atoms with Crippen LogP contribution in [-0.4, -0.2) is 42.8 Å². The highest BCUT2D eigenvalue weighted by Crippen LogP contribution is 2.35. The van der Waals surface area contributed by atoms with E-state index in [0.29, 0.717) is 49.6 Å². The molecule has 1 heterocycles. The third kappa shape index (κ3) is 5.97. The van der Waals surface area contributed by atoms with Crippen LogP contribution in [0.25, 0.3) is 0 Å². The van der Waals surface area contributed by atoms with Crippen LogP contribution in [0.15, 0.2) is 54.6 Å². The lowest BCUT2D eigenvalue weighted by molar-refractivity contribution is -0.00659. The Bertz CT molecular complexity index is 793. The Morgan fingerprint density at radius 1 is 1.03 bits per heavy atom. The minimum atomic E-state index is -1.53. The van der Waals surface area contributed by atoms with Gasteiger partial charge in [0.25, 0.3) is 0 Å². The van der Waals surface area contributed by atoms with E-state index in [4.69, 9.17) is 9.47 Å². The SMILES string of the molecule is COCCCCC(O)(NC(=O)N1CCCCC1)c1ccccc1Oc1ccccc1.